The van der Waals surface area contributed by atoms with Crippen molar-refractivity contribution >= 4 is 0 Å². The predicted octanol–water partition coefficient (Wildman–Crippen LogP) is 2.67. The van der Waals surface area contributed by atoms with Gasteiger partial charge in [-0.25, -0.2) is 0 Å². The maximum absolute atomic E-state index is 9.31. The van der Waals surface area contributed by atoms with E-state index >= 15 is 0 Å². The normalized spacial score (nSPS) is 12.1. The summed E-state index contributed by atoms with van der Waals surface area (Å²) in [6.45, 7) is 7.71. The maximum atomic E-state index is 9.31. The van der Waals surface area contributed by atoms with Gasteiger partial charge >= 0.3 is 0 Å². The van der Waals surface area contributed by atoms with Crippen LogP contribution in [0, 0.1) is 0 Å². The molecule has 0 radical (unpaired) electrons. The third kappa shape index (κ3) is 9.44. The van der Waals surface area contributed by atoms with Crippen molar-refractivity contribution < 1.29 is 5.11 Å². The van der Waals surface area contributed by atoms with Crippen molar-refractivity contribution in [3.63, 3.8) is 0 Å². The largest absolute Gasteiger partial charge is 0.390 e. The van der Waals surface area contributed by atoms with Crippen LogP contribution in [0.2, 0.25) is 0 Å². The Hall–Kier alpha value is -0.560. The van der Waals surface area contributed by atoms with Gasteiger partial charge < -0.3 is 5.11 Å². The lowest BCUT2D eigenvalue weighted by atomic mass is 10.1. The van der Waals surface area contributed by atoms with Gasteiger partial charge in [-0.2, -0.15) is 0 Å². The van der Waals surface area contributed by atoms with Crippen LogP contribution in [-0.4, -0.2) is 10.7 Å². The molecule has 64 valence electrons. The molecule has 0 unspecified atom stereocenters. The second-order valence-electron chi connectivity index (χ2n) is 3.69. The van der Waals surface area contributed by atoms with Gasteiger partial charge in [0.1, 0.15) is 0 Å². The van der Waals surface area contributed by atoms with E-state index in [4.69, 9.17) is 0 Å². The topological polar surface area (TPSA) is 20.2 Å². The SMILES string of the molecule is CC(C)=C/C=C/CC(C)(C)O. The standard InChI is InChI=1S/C10H18O/c1-9(2)7-5-6-8-10(3,4)11/h5-7,11H,8H2,1-4H3/b6-5+. The van der Waals surface area contributed by atoms with Gasteiger partial charge in [0, 0.05) is 0 Å². The van der Waals surface area contributed by atoms with Gasteiger partial charge in [0.05, 0.1) is 5.60 Å². The summed E-state index contributed by atoms with van der Waals surface area (Å²) in [6.07, 6.45) is 6.70. The van der Waals surface area contributed by atoms with Crippen LogP contribution in [0.1, 0.15) is 34.1 Å². The Morgan fingerprint density at radius 1 is 1.36 bits per heavy atom. The Morgan fingerprint density at radius 3 is 2.27 bits per heavy atom. The Balaban J connectivity index is 3.71. The lowest BCUT2D eigenvalue weighted by Crippen LogP contribution is -2.16. The quantitative estimate of drug-likeness (QED) is 0.620. The maximum Gasteiger partial charge on any atom is 0.0626 e. The monoisotopic (exact) mass is 154 g/mol. The minimum absolute atomic E-state index is 0.577. The van der Waals surface area contributed by atoms with Crippen LogP contribution < -0.4 is 0 Å². The lowest BCUT2D eigenvalue weighted by molar-refractivity contribution is 0.0839. The van der Waals surface area contributed by atoms with Crippen LogP contribution in [0.25, 0.3) is 0 Å². The van der Waals surface area contributed by atoms with Gasteiger partial charge in [-0.15, -0.1) is 0 Å². The van der Waals surface area contributed by atoms with Crippen molar-refractivity contribution in [2.24, 2.45) is 0 Å². The van der Waals surface area contributed by atoms with Crippen molar-refractivity contribution in [3.05, 3.63) is 23.8 Å². The number of hydrogen-bond acceptors (Lipinski definition) is 1. The molecule has 0 saturated carbocycles. The first-order valence-electron chi connectivity index (χ1n) is 3.94. The number of rotatable bonds is 3. The van der Waals surface area contributed by atoms with Crippen molar-refractivity contribution in [3.8, 4) is 0 Å². The summed E-state index contributed by atoms with van der Waals surface area (Å²) < 4.78 is 0. The third-order valence-electron chi connectivity index (χ3n) is 1.18. The highest BCUT2D eigenvalue weighted by Gasteiger charge is 2.07. The van der Waals surface area contributed by atoms with E-state index in [0.717, 1.165) is 0 Å². The average molecular weight is 154 g/mol. The van der Waals surface area contributed by atoms with Gasteiger partial charge in [0.15, 0.2) is 0 Å². The van der Waals surface area contributed by atoms with E-state index in [9.17, 15) is 5.11 Å². The van der Waals surface area contributed by atoms with Crippen molar-refractivity contribution in [1.82, 2.24) is 0 Å². The predicted molar refractivity (Wildman–Crippen MR) is 49.5 cm³/mol. The summed E-state index contributed by atoms with van der Waals surface area (Å²) in [5.41, 5.74) is 0.698. The highest BCUT2D eigenvalue weighted by Crippen LogP contribution is 2.07. The van der Waals surface area contributed by atoms with Crippen LogP contribution >= 0.6 is 0 Å². The van der Waals surface area contributed by atoms with Gasteiger partial charge in [-0.3, -0.25) is 0 Å². The Bertz CT molecular complexity index is 154. The van der Waals surface area contributed by atoms with E-state index < -0.39 is 5.60 Å². The molecular formula is C10H18O. The van der Waals surface area contributed by atoms with E-state index in [2.05, 4.69) is 13.8 Å². The van der Waals surface area contributed by atoms with Crippen LogP contribution in [0.15, 0.2) is 23.8 Å². The summed E-state index contributed by atoms with van der Waals surface area (Å²) in [6, 6.07) is 0. The second-order valence-corrected chi connectivity index (χ2v) is 3.69. The molecule has 0 aliphatic rings. The molecule has 0 bridgehead atoms. The first kappa shape index (κ1) is 10.4. The zero-order chi connectivity index (χ0) is 8.91. The molecule has 0 aliphatic carbocycles. The third-order valence-corrected chi connectivity index (χ3v) is 1.18. The molecule has 0 aromatic rings. The van der Waals surface area contributed by atoms with Crippen LogP contribution in [0.4, 0.5) is 0 Å². The highest BCUT2D eigenvalue weighted by atomic mass is 16.3. The Labute approximate surface area is 69.4 Å². The summed E-state index contributed by atoms with van der Waals surface area (Å²) in [5.74, 6) is 0. The van der Waals surface area contributed by atoms with E-state index in [0.29, 0.717) is 6.42 Å². The van der Waals surface area contributed by atoms with Gasteiger partial charge in [-0.05, 0) is 34.1 Å². The Kier molecular flexibility index (Phi) is 4.12. The van der Waals surface area contributed by atoms with Gasteiger partial charge in [0.2, 0.25) is 0 Å². The molecule has 11 heavy (non-hydrogen) atoms. The fourth-order valence-electron chi connectivity index (χ4n) is 0.617. The van der Waals surface area contributed by atoms with E-state index in [-0.39, 0.29) is 0 Å². The first-order valence-corrected chi connectivity index (χ1v) is 3.94. The lowest BCUT2D eigenvalue weighted by Gasteiger charge is -2.12. The smallest absolute Gasteiger partial charge is 0.0626 e. The zero-order valence-corrected chi connectivity index (χ0v) is 7.89. The molecule has 0 aliphatic heterocycles. The molecule has 0 fully saturated rings. The number of allylic oxidation sites excluding steroid dienone is 3. The van der Waals surface area contributed by atoms with Crippen molar-refractivity contribution in [2.45, 2.75) is 39.7 Å². The molecule has 0 saturated heterocycles. The zero-order valence-electron chi connectivity index (χ0n) is 7.89. The highest BCUT2D eigenvalue weighted by molar-refractivity contribution is 5.08. The fourth-order valence-corrected chi connectivity index (χ4v) is 0.617. The number of hydrogen-bond donors (Lipinski definition) is 1. The molecule has 1 nitrogen and oxygen atoms in total. The molecule has 0 rings (SSSR count). The fraction of sp³-hybridized carbons (Fsp3) is 0.600. The molecule has 0 atom stereocenters. The molecule has 0 heterocycles. The minimum atomic E-state index is -0.577. The minimum Gasteiger partial charge on any atom is -0.390 e. The van der Waals surface area contributed by atoms with Gasteiger partial charge in [-0.1, -0.05) is 23.8 Å². The molecule has 0 amide bonds. The van der Waals surface area contributed by atoms with E-state index in [1.807, 2.05) is 18.2 Å². The van der Waals surface area contributed by atoms with Crippen LogP contribution in [-0.2, 0) is 0 Å². The van der Waals surface area contributed by atoms with Crippen molar-refractivity contribution in [1.29, 1.82) is 0 Å². The molecule has 0 aromatic carbocycles. The summed E-state index contributed by atoms with van der Waals surface area (Å²) in [4.78, 5) is 0. The summed E-state index contributed by atoms with van der Waals surface area (Å²) >= 11 is 0. The van der Waals surface area contributed by atoms with E-state index in [1.165, 1.54) is 5.57 Å². The molecule has 1 heteroatoms. The average Bonchev–Trinajstić information content (AvgIpc) is 1.78. The van der Waals surface area contributed by atoms with Crippen LogP contribution in [0.3, 0.4) is 0 Å². The molecule has 0 aromatic heterocycles. The first-order chi connectivity index (χ1) is 4.92. The molecule has 0 spiro atoms. The van der Waals surface area contributed by atoms with Crippen molar-refractivity contribution in [2.75, 3.05) is 0 Å². The summed E-state index contributed by atoms with van der Waals surface area (Å²) in [5, 5.41) is 9.31. The number of aliphatic hydroxyl groups is 1. The molecular weight excluding hydrogens is 136 g/mol. The summed E-state index contributed by atoms with van der Waals surface area (Å²) in [7, 11) is 0. The Morgan fingerprint density at radius 2 is 1.91 bits per heavy atom. The molecule has 1 N–H and O–H groups in total. The van der Waals surface area contributed by atoms with Crippen LogP contribution in [0.5, 0.6) is 0 Å². The van der Waals surface area contributed by atoms with Gasteiger partial charge in [0.25, 0.3) is 0 Å². The second kappa shape index (κ2) is 4.35. The van der Waals surface area contributed by atoms with E-state index in [1.54, 1.807) is 13.8 Å².